The molecule has 6 heteroatoms. The summed E-state index contributed by atoms with van der Waals surface area (Å²) >= 11 is 1.76. The van der Waals surface area contributed by atoms with E-state index in [9.17, 15) is 9.59 Å². The van der Waals surface area contributed by atoms with Crippen molar-refractivity contribution >= 4 is 28.9 Å². The van der Waals surface area contributed by atoms with Crippen LogP contribution in [0.5, 0.6) is 0 Å². The van der Waals surface area contributed by atoms with Crippen LogP contribution in [-0.4, -0.2) is 40.5 Å². The second-order valence-corrected chi connectivity index (χ2v) is 9.13. The van der Waals surface area contributed by atoms with Gasteiger partial charge in [-0.3, -0.25) is 9.59 Å². The number of carbonyl (C=O) groups excluding carboxylic acids is 2. The summed E-state index contributed by atoms with van der Waals surface area (Å²) in [5.74, 6) is -0.0655. The number of hydrogen-bond donors (Lipinski definition) is 0. The van der Waals surface area contributed by atoms with Crippen LogP contribution in [0.1, 0.15) is 46.9 Å². The fourth-order valence-corrected chi connectivity index (χ4v) is 5.44. The molecule has 0 bridgehead atoms. The van der Waals surface area contributed by atoms with Crippen LogP contribution in [0.15, 0.2) is 77.2 Å². The molecule has 0 radical (unpaired) electrons. The smallest absolute Gasteiger partial charge is 0.243 e. The minimum Gasteiger partial charge on any atom is -0.331 e. The maximum Gasteiger partial charge on any atom is 0.243 e. The molecule has 1 atom stereocenters. The lowest BCUT2D eigenvalue weighted by Gasteiger charge is -2.36. The second kappa shape index (κ2) is 9.09. The van der Waals surface area contributed by atoms with Crippen molar-refractivity contribution in [2.45, 2.75) is 31.7 Å². The van der Waals surface area contributed by atoms with E-state index < -0.39 is 0 Å². The predicted octanol–water partition coefficient (Wildman–Crippen LogP) is 4.64. The van der Waals surface area contributed by atoms with E-state index in [2.05, 4.69) is 28.7 Å². The van der Waals surface area contributed by atoms with Crippen molar-refractivity contribution in [3.05, 3.63) is 93.7 Å². The maximum atomic E-state index is 13.2. The first kappa shape index (κ1) is 20.6. The summed E-state index contributed by atoms with van der Waals surface area (Å²) in [6, 6.07) is 22.2. The molecule has 0 saturated carbocycles. The van der Waals surface area contributed by atoms with E-state index in [1.807, 2.05) is 53.4 Å². The summed E-state index contributed by atoms with van der Waals surface area (Å²) in [6.45, 7) is 1.26. The van der Waals surface area contributed by atoms with E-state index in [0.29, 0.717) is 13.1 Å². The SMILES string of the molecule is O=C(CCC(=O)N1CCc2sccc2[C@H]1c1ccccc1)N1CCC(c2ccccc2)=N1. The van der Waals surface area contributed by atoms with Gasteiger partial charge in [0.1, 0.15) is 0 Å². The molecule has 1 aromatic heterocycles. The summed E-state index contributed by atoms with van der Waals surface area (Å²) in [4.78, 5) is 29.3. The number of hydrogen-bond acceptors (Lipinski definition) is 4. The Kier molecular flexibility index (Phi) is 5.86. The van der Waals surface area contributed by atoms with E-state index in [4.69, 9.17) is 0 Å². The van der Waals surface area contributed by atoms with Gasteiger partial charge in [-0.1, -0.05) is 60.7 Å². The van der Waals surface area contributed by atoms with Crippen molar-refractivity contribution in [1.82, 2.24) is 9.91 Å². The van der Waals surface area contributed by atoms with E-state index in [-0.39, 0.29) is 30.7 Å². The highest BCUT2D eigenvalue weighted by Crippen LogP contribution is 2.38. The van der Waals surface area contributed by atoms with Gasteiger partial charge in [-0.05, 0) is 34.6 Å². The Morgan fingerprint density at radius 1 is 0.875 bits per heavy atom. The molecule has 0 spiro atoms. The molecular formula is C26H25N3O2S. The van der Waals surface area contributed by atoms with Crippen molar-refractivity contribution < 1.29 is 9.59 Å². The van der Waals surface area contributed by atoms with Crippen LogP contribution in [0.2, 0.25) is 0 Å². The van der Waals surface area contributed by atoms with Gasteiger partial charge in [0.05, 0.1) is 18.3 Å². The number of hydrazone groups is 1. The van der Waals surface area contributed by atoms with Gasteiger partial charge in [0.15, 0.2) is 0 Å². The van der Waals surface area contributed by atoms with Gasteiger partial charge in [-0.25, -0.2) is 5.01 Å². The molecular weight excluding hydrogens is 418 g/mol. The van der Waals surface area contributed by atoms with Crippen LogP contribution < -0.4 is 0 Å². The molecule has 3 heterocycles. The first-order valence-corrected chi connectivity index (χ1v) is 11.9. The van der Waals surface area contributed by atoms with Gasteiger partial charge in [0.2, 0.25) is 11.8 Å². The summed E-state index contributed by atoms with van der Waals surface area (Å²) < 4.78 is 0. The van der Waals surface area contributed by atoms with Crippen molar-refractivity contribution in [3.8, 4) is 0 Å². The number of benzene rings is 2. The first-order valence-electron chi connectivity index (χ1n) is 11.0. The molecule has 5 nitrogen and oxygen atoms in total. The monoisotopic (exact) mass is 443 g/mol. The van der Waals surface area contributed by atoms with Gasteiger partial charge in [0, 0.05) is 30.7 Å². The third-order valence-electron chi connectivity index (χ3n) is 6.15. The molecule has 2 amide bonds. The van der Waals surface area contributed by atoms with Crippen LogP contribution in [0.4, 0.5) is 0 Å². The van der Waals surface area contributed by atoms with E-state index in [1.54, 1.807) is 11.3 Å². The summed E-state index contributed by atoms with van der Waals surface area (Å²) in [5, 5.41) is 8.14. The van der Waals surface area contributed by atoms with Crippen LogP contribution in [0.25, 0.3) is 0 Å². The Morgan fingerprint density at radius 3 is 2.38 bits per heavy atom. The molecule has 0 unspecified atom stereocenters. The van der Waals surface area contributed by atoms with E-state index >= 15 is 0 Å². The molecule has 0 saturated heterocycles. The Hall–Kier alpha value is -3.25. The fourth-order valence-electron chi connectivity index (χ4n) is 4.54. The molecule has 162 valence electrons. The van der Waals surface area contributed by atoms with E-state index in [1.165, 1.54) is 15.4 Å². The standard InChI is InChI=1S/C26H25N3O2S/c30-24(11-12-25(31)29-17-13-22(27-29)19-7-3-1-4-8-19)28-16-14-23-21(15-18-32-23)26(28)20-9-5-2-6-10-20/h1-10,15,18,26H,11-14,16-17H2/t26-/m1/s1. The topological polar surface area (TPSA) is 53.0 Å². The highest BCUT2D eigenvalue weighted by atomic mass is 32.1. The number of amides is 2. The summed E-state index contributed by atoms with van der Waals surface area (Å²) in [7, 11) is 0. The van der Waals surface area contributed by atoms with Crippen molar-refractivity contribution in [1.29, 1.82) is 0 Å². The lowest BCUT2D eigenvalue weighted by atomic mass is 9.93. The highest BCUT2D eigenvalue weighted by Gasteiger charge is 2.33. The number of thiophene rings is 1. The average Bonchev–Trinajstić information content (AvgIpc) is 3.53. The second-order valence-electron chi connectivity index (χ2n) is 8.13. The molecule has 2 aromatic carbocycles. The number of fused-ring (bicyclic) bond motifs is 1. The Bertz CT molecular complexity index is 1140. The molecule has 5 rings (SSSR count). The fraction of sp³-hybridized carbons (Fsp3) is 0.269. The van der Waals surface area contributed by atoms with Crippen molar-refractivity contribution in [2.24, 2.45) is 5.10 Å². The van der Waals surface area contributed by atoms with Gasteiger partial charge < -0.3 is 4.90 Å². The third kappa shape index (κ3) is 4.10. The highest BCUT2D eigenvalue weighted by molar-refractivity contribution is 7.10. The zero-order valence-corrected chi connectivity index (χ0v) is 18.6. The largest absolute Gasteiger partial charge is 0.331 e. The molecule has 0 N–H and O–H groups in total. The van der Waals surface area contributed by atoms with Gasteiger partial charge >= 0.3 is 0 Å². The predicted molar refractivity (Wildman–Crippen MR) is 127 cm³/mol. The van der Waals surface area contributed by atoms with Gasteiger partial charge in [-0.15, -0.1) is 11.3 Å². The minimum absolute atomic E-state index is 0.0236. The van der Waals surface area contributed by atoms with Crippen LogP contribution in [0, 0.1) is 0 Å². The quantitative estimate of drug-likeness (QED) is 0.577. The normalized spacial score (nSPS) is 17.8. The van der Waals surface area contributed by atoms with E-state index in [0.717, 1.165) is 29.7 Å². The molecule has 32 heavy (non-hydrogen) atoms. The van der Waals surface area contributed by atoms with Crippen LogP contribution >= 0.6 is 11.3 Å². The molecule has 3 aromatic rings. The third-order valence-corrected chi connectivity index (χ3v) is 7.15. The summed E-state index contributed by atoms with van der Waals surface area (Å²) in [5.41, 5.74) is 4.30. The lowest BCUT2D eigenvalue weighted by molar-refractivity contribution is -0.138. The molecule has 0 aliphatic carbocycles. The Morgan fingerprint density at radius 2 is 1.59 bits per heavy atom. The first-order chi connectivity index (χ1) is 15.7. The Labute approximate surface area is 192 Å². The van der Waals surface area contributed by atoms with Crippen molar-refractivity contribution in [3.63, 3.8) is 0 Å². The molecule has 0 fully saturated rings. The van der Waals surface area contributed by atoms with Crippen LogP contribution in [-0.2, 0) is 16.0 Å². The number of carbonyl (C=O) groups is 2. The van der Waals surface area contributed by atoms with Gasteiger partial charge in [-0.2, -0.15) is 5.10 Å². The zero-order chi connectivity index (χ0) is 21.9. The van der Waals surface area contributed by atoms with Crippen LogP contribution in [0.3, 0.4) is 0 Å². The van der Waals surface area contributed by atoms with Gasteiger partial charge in [0.25, 0.3) is 0 Å². The van der Waals surface area contributed by atoms with Crippen molar-refractivity contribution in [2.75, 3.05) is 13.1 Å². The lowest BCUT2D eigenvalue weighted by Crippen LogP contribution is -2.40. The Balaban J connectivity index is 1.27. The number of rotatable bonds is 5. The summed E-state index contributed by atoms with van der Waals surface area (Å²) in [6.07, 6.45) is 1.99. The number of nitrogens with zero attached hydrogens (tertiary/aromatic N) is 3. The maximum absolute atomic E-state index is 13.2. The average molecular weight is 444 g/mol. The molecule has 2 aliphatic rings. The minimum atomic E-state index is -0.0891. The molecule has 2 aliphatic heterocycles. The zero-order valence-electron chi connectivity index (χ0n) is 17.8.